The number of aromatic nitrogens is 1. The Morgan fingerprint density at radius 1 is 1.27 bits per heavy atom. The van der Waals surface area contributed by atoms with Crippen molar-refractivity contribution >= 4 is 10.9 Å². The first-order valence-corrected chi connectivity index (χ1v) is 5.27. The molecule has 0 radical (unpaired) electrons. The molecule has 0 amide bonds. The predicted molar refractivity (Wildman–Crippen MR) is 62.3 cm³/mol. The Balaban J connectivity index is 2.66. The monoisotopic (exact) mass is 201 g/mol. The predicted octanol–water partition coefficient (Wildman–Crippen LogP) is 3.20. The van der Waals surface area contributed by atoms with E-state index in [1.165, 1.54) is 10.9 Å². The van der Waals surface area contributed by atoms with Gasteiger partial charge >= 0.3 is 0 Å². The van der Waals surface area contributed by atoms with E-state index in [0.29, 0.717) is 0 Å². The Morgan fingerprint density at radius 2 is 2.13 bits per heavy atom. The summed E-state index contributed by atoms with van der Waals surface area (Å²) >= 11 is 0. The average Bonchev–Trinajstić information content (AvgIpc) is 2.30. The quantitative estimate of drug-likeness (QED) is 0.760. The molecular formula is C13H15NO. The summed E-state index contributed by atoms with van der Waals surface area (Å²) in [5, 5.41) is 1.21. The molecule has 2 rings (SSSR count). The standard InChI is InChI=1S/C13H15NO/c1-3-5-10-7-8-12(15-2)13-11(10)6-4-9-14-13/h4,6-9H,3,5H2,1-2H3. The number of hydrogen-bond donors (Lipinski definition) is 0. The number of ether oxygens (including phenoxy) is 1. The molecule has 0 unspecified atom stereocenters. The molecule has 78 valence electrons. The average molecular weight is 201 g/mol. The van der Waals surface area contributed by atoms with E-state index in [4.69, 9.17) is 4.74 Å². The molecule has 0 fully saturated rings. The van der Waals surface area contributed by atoms with Gasteiger partial charge in [0.2, 0.25) is 0 Å². The highest BCUT2D eigenvalue weighted by Gasteiger charge is 2.05. The van der Waals surface area contributed by atoms with Crippen LogP contribution in [0.4, 0.5) is 0 Å². The van der Waals surface area contributed by atoms with E-state index in [1.54, 1.807) is 13.3 Å². The molecule has 2 heteroatoms. The summed E-state index contributed by atoms with van der Waals surface area (Å²) in [4.78, 5) is 4.37. The molecular weight excluding hydrogens is 186 g/mol. The van der Waals surface area contributed by atoms with Crippen LogP contribution < -0.4 is 4.74 Å². The molecule has 1 aromatic heterocycles. The van der Waals surface area contributed by atoms with E-state index in [1.807, 2.05) is 12.1 Å². The van der Waals surface area contributed by atoms with E-state index < -0.39 is 0 Å². The van der Waals surface area contributed by atoms with Crippen molar-refractivity contribution in [3.8, 4) is 5.75 Å². The van der Waals surface area contributed by atoms with Crippen LogP contribution in [-0.4, -0.2) is 12.1 Å². The van der Waals surface area contributed by atoms with Gasteiger partial charge in [0.15, 0.2) is 0 Å². The maximum Gasteiger partial charge on any atom is 0.145 e. The normalized spacial score (nSPS) is 10.5. The van der Waals surface area contributed by atoms with Crippen molar-refractivity contribution in [1.82, 2.24) is 4.98 Å². The fourth-order valence-corrected chi connectivity index (χ4v) is 1.86. The van der Waals surface area contributed by atoms with Gasteiger partial charge in [0.05, 0.1) is 7.11 Å². The van der Waals surface area contributed by atoms with E-state index in [9.17, 15) is 0 Å². The molecule has 0 spiro atoms. The highest BCUT2D eigenvalue weighted by molar-refractivity contribution is 5.87. The van der Waals surface area contributed by atoms with Gasteiger partial charge in [-0.3, -0.25) is 4.98 Å². The van der Waals surface area contributed by atoms with Crippen LogP contribution in [0.15, 0.2) is 30.5 Å². The third-order valence-corrected chi connectivity index (χ3v) is 2.56. The molecule has 0 atom stereocenters. The minimum Gasteiger partial charge on any atom is -0.494 e. The SMILES string of the molecule is CCCc1ccc(OC)c2ncccc12. The van der Waals surface area contributed by atoms with E-state index in [0.717, 1.165) is 24.1 Å². The number of hydrogen-bond acceptors (Lipinski definition) is 2. The molecule has 0 saturated heterocycles. The van der Waals surface area contributed by atoms with Gasteiger partial charge in [-0.1, -0.05) is 25.5 Å². The van der Waals surface area contributed by atoms with Crippen LogP contribution in [0, 0.1) is 0 Å². The summed E-state index contributed by atoms with van der Waals surface area (Å²) in [5.74, 6) is 0.852. The molecule has 15 heavy (non-hydrogen) atoms. The number of benzene rings is 1. The van der Waals surface area contributed by atoms with Crippen LogP contribution >= 0.6 is 0 Å². The van der Waals surface area contributed by atoms with E-state index in [-0.39, 0.29) is 0 Å². The lowest BCUT2D eigenvalue weighted by Crippen LogP contribution is -1.91. The molecule has 0 N–H and O–H groups in total. The van der Waals surface area contributed by atoms with Crippen molar-refractivity contribution in [2.24, 2.45) is 0 Å². The fourth-order valence-electron chi connectivity index (χ4n) is 1.86. The van der Waals surface area contributed by atoms with Crippen molar-refractivity contribution in [3.63, 3.8) is 0 Å². The molecule has 1 heterocycles. The largest absolute Gasteiger partial charge is 0.494 e. The highest BCUT2D eigenvalue weighted by Crippen LogP contribution is 2.26. The second kappa shape index (κ2) is 4.30. The van der Waals surface area contributed by atoms with Crippen molar-refractivity contribution in [3.05, 3.63) is 36.0 Å². The number of fused-ring (bicyclic) bond motifs is 1. The van der Waals surface area contributed by atoms with E-state index >= 15 is 0 Å². The van der Waals surface area contributed by atoms with Crippen LogP contribution in [-0.2, 0) is 6.42 Å². The molecule has 0 aliphatic rings. The summed E-state index contributed by atoms with van der Waals surface area (Å²) in [6.07, 6.45) is 4.04. The lowest BCUT2D eigenvalue weighted by atomic mass is 10.0. The van der Waals surface area contributed by atoms with Crippen LogP contribution in [0.1, 0.15) is 18.9 Å². The molecule has 2 nitrogen and oxygen atoms in total. The number of methoxy groups -OCH3 is 1. The summed E-state index contributed by atoms with van der Waals surface area (Å²) in [7, 11) is 1.68. The van der Waals surface area contributed by atoms with Crippen LogP contribution in [0.3, 0.4) is 0 Å². The van der Waals surface area contributed by atoms with Gasteiger partial charge in [-0.25, -0.2) is 0 Å². The zero-order valence-corrected chi connectivity index (χ0v) is 9.16. The molecule has 0 saturated carbocycles. The maximum atomic E-state index is 5.30. The number of pyridine rings is 1. The summed E-state index contributed by atoms with van der Waals surface area (Å²) in [6.45, 7) is 2.19. The van der Waals surface area contributed by atoms with Gasteiger partial charge in [0.1, 0.15) is 11.3 Å². The zero-order chi connectivity index (χ0) is 10.7. The van der Waals surface area contributed by atoms with Crippen molar-refractivity contribution in [1.29, 1.82) is 0 Å². The number of nitrogens with zero attached hydrogens (tertiary/aromatic N) is 1. The van der Waals surface area contributed by atoms with Gasteiger partial charge in [-0.15, -0.1) is 0 Å². The first kappa shape index (κ1) is 9.97. The Hall–Kier alpha value is -1.57. The molecule has 1 aromatic carbocycles. The van der Waals surface area contributed by atoms with Gasteiger partial charge in [-0.05, 0) is 24.1 Å². The van der Waals surface area contributed by atoms with Gasteiger partial charge in [0.25, 0.3) is 0 Å². The summed E-state index contributed by atoms with van der Waals surface area (Å²) in [6, 6.07) is 8.21. The maximum absolute atomic E-state index is 5.30. The summed E-state index contributed by atoms with van der Waals surface area (Å²) in [5.41, 5.74) is 2.31. The topological polar surface area (TPSA) is 22.1 Å². The minimum absolute atomic E-state index is 0.852. The second-order valence-electron chi connectivity index (χ2n) is 3.58. The molecule has 2 aromatic rings. The summed E-state index contributed by atoms with van der Waals surface area (Å²) < 4.78 is 5.30. The lowest BCUT2D eigenvalue weighted by Gasteiger charge is -2.08. The number of rotatable bonds is 3. The first-order chi connectivity index (χ1) is 7.36. The number of aryl methyl sites for hydroxylation is 1. The second-order valence-corrected chi connectivity index (χ2v) is 3.58. The minimum atomic E-state index is 0.852. The van der Waals surface area contributed by atoms with Gasteiger partial charge in [-0.2, -0.15) is 0 Å². The zero-order valence-electron chi connectivity index (χ0n) is 9.16. The van der Waals surface area contributed by atoms with Crippen LogP contribution in [0.2, 0.25) is 0 Å². The Bertz CT molecular complexity index is 465. The Morgan fingerprint density at radius 3 is 2.87 bits per heavy atom. The molecule has 0 aliphatic carbocycles. The van der Waals surface area contributed by atoms with Crippen molar-refractivity contribution < 1.29 is 4.74 Å². The van der Waals surface area contributed by atoms with Gasteiger partial charge in [0, 0.05) is 11.6 Å². The van der Waals surface area contributed by atoms with Gasteiger partial charge < -0.3 is 4.74 Å². The fraction of sp³-hybridized carbons (Fsp3) is 0.308. The third kappa shape index (κ3) is 1.80. The Kier molecular flexibility index (Phi) is 2.86. The highest BCUT2D eigenvalue weighted by atomic mass is 16.5. The van der Waals surface area contributed by atoms with Crippen LogP contribution in [0.5, 0.6) is 5.75 Å². The van der Waals surface area contributed by atoms with Crippen LogP contribution in [0.25, 0.3) is 10.9 Å². The third-order valence-electron chi connectivity index (χ3n) is 2.56. The van der Waals surface area contributed by atoms with E-state index in [2.05, 4.69) is 24.0 Å². The lowest BCUT2D eigenvalue weighted by molar-refractivity contribution is 0.419. The first-order valence-electron chi connectivity index (χ1n) is 5.27. The van der Waals surface area contributed by atoms with Crippen molar-refractivity contribution in [2.45, 2.75) is 19.8 Å². The molecule has 0 bridgehead atoms. The smallest absolute Gasteiger partial charge is 0.145 e. The van der Waals surface area contributed by atoms with Crippen molar-refractivity contribution in [2.75, 3.05) is 7.11 Å². The Labute approximate surface area is 89.9 Å². The molecule has 0 aliphatic heterocycles.